The Kier molecular flexibility index (Phi) is 4.61. The fourth-order valence-corrected chi connectivity index (χ4v) is 1.92. The van der Waals surface area contributed by atoms with Gasteiger partial charge in [-0.2, -0.15) is 0 Å². The Morgan fingerprint density at radius 2 is 1.81 bits per heavy atom. The minimum absolute atomic E-state index is 0.0164. The topological polar surface area (TPSA) is 73.6 Å². The molecule has 0 aliphatic heterocycles. The SMILES string of the molecule is COc1cccc(CNc2ccc(OC)cc2[N+](=O)[O-])c1. The quantitative estimate of drug-likeness (QED) is 0.652. The van der Waals surface area contributed by atoms with Crippen LogP contribution in [0.4, 0.5) is 11.4 Å². The first-order chi connectivity index (χ1) is 10.1. The molecule has 0 aliphatic rings. The summed E-state index contributed by atoms with van der Waals surface area (Å²) in [5.74, 6) is 1.20. The third-order valence-electron chi connectivity index (χ3n) is 3.02. The lowest BCUT2D eigenvalue weighted by Gasteiger charge is -2.09. The molecule has 0 aliphatic carbocycles. The molecule has 0 heterocycles. The van der Waals surface area contributed by atoms with E-state index < -0.39 is 4.92 Å². The second-order valence-corrected chi connectivity index (χ2v) is 4.35. The third-order valence-corrected chi connectivity index (χ3v) is 3.02. The molecular weight excluding hydrogens is 272 g/mol. The van der Waals surface area contributed by atoms with Crippen LogP contribution < -0.4 is 14.8 Å². The Hall–Kier alpha value is -2.76. The van der Waals surface area contributed by atoms with Crippen molar-refractivity contribution in [3.63, 3.8) is 0 Å². The van der Waals surface area contributed by atoms with Crippen molar-refractivity contribution in [1.29, 1.82) is 0 Å². The van der Waals surface area contributed by atoms with Gasteiger partial charge in [-0.15, -0.1) is 0 Å². The van der Waals surface area contributed by atoms with Crippen molar-refractivity contribution in [2.75, 3.05) is 19.5 Å². The van der Waals surface area contributed by atoms with Gasteiger partial charge in [-0.25, -0.2) is 0 Å². The summed E-state index contributed by atoms with van der Waals surface area (Å²) in [4.78, 5) is 10.7. The van der Waals surface area contributed by atoms with Gasteiger partial charge in [0.1, 0.15) is 17.2 Å². The molecule has 21 heavy (non-hydrogen) atoms. The lowest BCUT2D eigenvalue weighted by Crippen LogP contribution is -2.03. The van der Waals surface area contributed by atoms with Gasteiger partial charge >= 0.3 is 0 Å². The molecule has 0 fully saturated rings. The average Bonchev–Trinajstić information content (AvgIpc) is 2.52. The Balaban J connectivity index is 2.17. The molecule has 0 spiro atoms. The first-order valence-corrected chi connectivity index (χ1v) is 6.33. The zero-order chi connectivity index (χ0) is 15.2. The number of nitro benzene ring substituents is 1. The predicted octanol–water partition coefficient (Wildman–Crippen LogP) is 3.22. The Morgan fingerprint density at radius 3 is 2.48 bits per heavy atom. The lowest BCUT2D eigenvalue weighted by atomic mass is 10.2. The van der Waals surface area contributed by atoms with Crippen LogP contribution in [0.25, 0.3) is 0 Å². The number of hydrogen-bond acceptors (Lipinski definition) is 5. The van der Waals surface area contributed by atoms with Crippen LogP contribution >= 0.6 is 0 Å². The van der Waals surface area contributed by atoms with Gasteiger partial charge in [0.25, 0.3) is 5.69 Å². The minimum Gasteiger partial charge on any atom is -0.497 e. The summed E-state index contributed by atoms with van der Waals surface area (Å²) in [5.41, 5.74) is 1.40. The molecule has 0 unspecified atom stereocenters. The number of nitrogens with zero attached hydrogens (tertiary/aromatic N) is 1. The molecule has 0 aromatic heterocycles. The predicted molar refractivity (Wildman–Crippen MR) is 80.0 cm³/mol. The third kappa shape index (κ3) is 3.62. The Labute approximate surface area is 122 Å². The molecule has 110 valence electrons. The van der Waals surface area contributed by atoms with Crippen molar-refractivity contribution in [2.24, 2.45) is 0 Å². The van der Waals surface area contributed by atoms with Crippen molar-refractivity contribution < 1.29 is 14.4 Å². The molecule has 6 heteroatoms. The Bertz CT molecular complexity index is 643. The van der Waals surface area contributed by atoms with Crippen LogP contribution in [0.15, 0.2) is 42.5 Å². The first-order valence-electron chi connectivity index (χ1n) is 6.33. The molecule has 0 bridgehead atoms. The standard InChI is InChI=1S/C15H16N2O4/c1-20-12-5-3-4-11(8-12)10-16-14-7-6-13(21-2)9-15(14)17(18)19/h3-9,16H,10H2,1-2H3. The van der Waals surface area contributed by atoms with Crippen LogP contribution in [0, 0.1) is 10.1 Å². The van der Waals surface area contributed by atoms with Crippen molar-refractivity contribution in [2.45, 2.75) is 6.54 Å². The number of nitro groups is 1. The van der Waals surface area contributed by atoms with Gasteiger partial charge in [-0.1, -0.05) is 12.1 Å². The van der Waals surface area contributed by atoms with Gasteiger partial charge in [0.2, 0.25) is 0 Å². The summed E-state index contributed by atoms with van der Waals surface area (Å²) in [6.07, 6.45) is 0. The number of benzene rings is 2. The number of methoxy groups -OCH3 is 2. The number of rotatable bonds is 6. The summed E-state index contributed by atoms with van der Waals surface area (Å²) >= 11 is 0. The normalized spacial score (nSPS) is 10.0. The van der Waals surface area contributed by atoms with Crippen LogP contribution in [0.1, 0.15) is 5.56 Å². The second kappa shape index (κ2) is 6.60. The molecule has 0 saturated carbocycles. The van der Waals surface area contributed by atoms with Crippen LogP contribution in [-0.4, -0.2) is 19.1 Å². The summed E-state index contributed by atoms with van der Waals surface area (Å²) in [6.45, 7) is 0.463. The molecule has 0 amide bonds. The van der Waals surface area contributed by atoms with E-state index in [1.54, 1.807) is 19.2 Å². The molecule has 1 N–H and O–H groups in total. The monoisotopic (exact) mass is 288 g/mol. The van der Waals surface area contributed by atoms with Crippen molar-refractivity contribution in [1.82, 2.24) is 0 Å². The molecule has 0 saturated heterocycles. The maximum absolute atomic E-state index is 11.1. The highest BCUT2D eigenvalue weighted by molar-refractivity contribution is 5.64. The molecule has 2 aromatic carbocycles. The summed E-state index contributed by atoms with van der Waals surface area (Å²) < 4.78 is 10.2. The van der Waals surface area contributed by atoms with Crippen LogP contribution in [0.2, 0.25) is 0 Å². The van der Waals surface area contributed by atoms with E-state index in [-0.39, 0.29) is 5.69 Å². The molecular formula is C15H16N2O4. The summed E-state index contributed by atoms with van der Waals surface area (Å²) in [7, 11) is 3.07. The number of nitrogens with one attached hydrogen (secondary N) is 1. The van der Waals surface area contributed by atoms with Gasteiger partial charge in [0.15, 0.2) is 0 Å². The average molecular weight is 288 g/mol. The van der Waals surface area contributed by atoms with E-state index in [2.05, 4.69) is 5.32 Å². The van der Waals surface area contributed by atoms with Crippen molar-refractivity contribution in [3.8, 4) is 11.5 Å². The van der Waals surface area contributed by atoms with Crippen LogP contribution in [0.5, 0.6) is 11.5 Å². The van der Waals surface area contributed by atoms with E-state index in [9.17, 15) is 10.1 Å². The molecule has 6 nitrogen and oxygen atoms in total. The Morgan fingerprint density at radius 1 is 1.10 bits per heavy atom. The number of hydrogen-bond donors (Lipinski definition) is 1. The molecule has 0 radical (unpaired) electrons. The van der Waals surface area contributed by atoms with Gasteiger partial charge in [0, 0.05) is 6.54 Å². The van der Waals surface area contributed by atoms with E-state index in [1.807, 2.05) is 24.3 Å². The summed E-state index contributed by atoms with van der Waals surface area (Å²) in [6, 6.07) is 12.2. The van der Waals surface area contributed by atoms with E-state index in [1.165, 1.54) is 13.2 Å². The maximum atomic E-state index is 11.1. The molecule has 2 aromatic rings. The van der Waals surface area contributed by atoms with E-state index in [0.717, 1.165) is 11.3 Å². The largest absolute Gasteiger partial charge is 0.497 e. The van der Waals surface area contributed by atoms with E-state index in [4.69, 9.17) is 9.47 Å². The number of anilines is 1. The lowest BCUT2D eigenvalue weighted by molar-refractivity contribution is -0.384. The van der Waals surface area contributed by atoms with Crippen LogP contribution in [-0.2, 0) is 6.54 Å². The van der Waals surface area contributed by atoms with Gasteiger partial charge in [-0.3, -0.25) is 10.1 Å². The first kappa shape index (κ1) is 14.6. The fraction of sp³-hybridized carbons (Fsp3) is 0.200. The zero-order valence-electron chi connectivity index (χ0n) is 11.8. The molecule has 2 rings (SSSR count). The maximum Gasteiger partial charge on any atom is 0.296 e. The minimum atomic E-state index is -0.434. The zero-order valence-corrected chi connectivity index (χ0v) is 11.8. The highest BCUT2D eigenvalue weighted by atomic mass is 16.6. The smallest absolute Gasteiger partial charge is 0.296 e. The van der Waals surface area contributed by atoms with E-state index in [0.29, 0.717) is 18.0 Å². The van der Waals surface area contributed by atoms with Gasteiger partial charge in [0.05, 0.1) is 25.2 Å². The summed E-state index contributed by atoms with van der Waals surface area (Å²) in [5, 5.41) is 14.2. The van der Waals surface area contributed by atoms with Crippen LogP contribution in [0.3, 0.4) is 0 Å². The van der Waals surface area contributed by atoms with Gasteiger partial charge < -0.3 is 14.8 Å². The fourth-order valence-electron chi connectivity index (χ4n) is 1.92. The van der Waals surface area contributed by atoms with Crippen molar-refractivity contribution in [3.05, 3.63) is 58.1 Å². The number of ether oxygens (including phenoxy) is 2. The van der Waals surface area contributed by atoms with E-state index >= 15 is 0 Å². The van der Waals surface area contributed by atoms with Crippen molar-refractivity contribution >= 4 is 11.4 Å². The highest BCUT2D eigenvalue weighted by Crippen LogP contribution is 2.29. The van der Waals surface area contributed by atoms with Gasteiger partial charge in [-0.05, 0) is 29.8 Å². The molecule has 0 atom stereocenters. The highest BCUT2D eigenvalue weighted by Gasteiger charge is 2.14. The second-order valence-electron chi connectivity index (χ2n) is 4.35.